The highest BCUT2D eigenvalue weighted by atomic mass is 79.9. The third kappa shape index (κ3) is 10.6. The summed E-state index contributed by atoms with van der Waals surface area (Å²) in [5, 5.41) is 8.62. The molecule has 0 aliphatic rings. The number of carboxylic acids is 1. The molecule has 0 spiro atoms. The normalized spacial score (nSPS) is 15.1. The average molecular weight is 317 g/mol. The second-order valence-electron chi connectivity index (χ2n) is 5.67. The van der Waals surface area contributed by atoms with Crippen LogP contribution in [0, 0.1) is 11.3 Å². The van der Waals surface area contributed by atoms with Gasteiger partial charge in [-0.1, -0.05) is 48.9 Å². The van der Waals surface area contributed by atoms with E-state index in [1.165, 1.54) is 17.0 Å². The number of hydrogen-bond acceptors (Lipinski definition) is 1. The summed E-state index contributed by atoms with van der Waals surface area (Å²) in [6, 6.07) is 0. The van der Waals surface area contributed by atoms with Crippen LogP contribution in [0.4, 0.5) is 0 Å². The summed E-state index contributed by atoms with van der Waals surface area (Å²) >= 11 is 3.43. The van der Waals surface area contributed by atoms with E-state index in [9.17, 15) is 4.79 Å². The molecule has 3 heteroatoms. The van der Waals surface area contributed by atoms with Crippen molar-refractivity contribution in [3.8, 4) is 0 Å². The van der Waals surface area contributed by atoms with Crippen molar-refractivity contribution in [2.45, 2.75) is 53.4 Å². The van der Waals surface area contributed by atoms with Gasteiger partial charge in [0.05, 0.1) is 0 Å². The second kappa shape index (κ2) is 8.52. The van der Waals surface area contributed by atoms with Gasteiger partial charge in [0.1, 0.15) is 0 Å². The molecule has 0 bridgehead atoms. The first-order chi connectivity index (χ1) is 8.23. The molecule has 1 unspecified atom stereocenters. The lowest BCUT2D eigenvalue weighted by Crippen LogP contribution is -2.10. The van der Waals surface area contributed by atoms with Crippen molar-refractivity contribution in [1.82, 2.24) is 0 Å². The van der Waals surface area contributed by atoms with Crippen molar-refractivity contribution in [2.24, 2.45) is 11.3 Å². The van der Waals surface area contributed by atoms with E-state index in [-0.39, 0.29) is 5.41 Å². The summed E-state index contributed by atoms with van der Waals surface area (Å²) in [4.78, 5) is 10.5. The minimum absolute atomic E-state index is 0.0339. The van der Waals surface area contributed by atoms with Gasteiger partial charge in [0, 0.05) is 6.08 Å². The zero-order valence-electron chi connectivity index (χ0n) is 11.9. The number of allylic oxidation sites excluding steroid dienone is 3. The maximum Gasteiger partial charge on any atom is 0.327 e. The fourth-order valence-electron chi connectivity index (χ4n) is 1.71. The summed E-state index contributed by atoms with van der Waals surface area (Å²) in [6.45, 7) is 8.47. The first kappa shape index (κ1) is 17.4. The molecule has 0 rings (SSSR count). The van der Waals surface area contributed by atoms with Crippen LogP contribution in [-0.2, 0) is 4.79 Å². The second-order valence-corrected chi connectivity index (χ2v) is 6.92. The van der Waals surface area contributed by atoms with Gasteiger partial charge in [-0.25, -0.2) is 4.79 Å². The summed E-state index contributed by atoms with van der Waals surface area (Å²) in [7, 11) is 0. The standard InChI is InChI=1S/C15H25BrO2/c1-12(6-5-7-13(2)16)8-10-15(3,4)11-9-14(17)18/h7,9,11-12H,5-6,8,10H2,1-4H3,(H,17,18)/b11-9+,13-7+. The predicted octanol–water partition coefficient (Wildman–Crippen LogP) is 5.15. The van der Waals surface area contributed by atoms with Crippen LogP contribution < -0.4 is 0 Å². The molecule has 1 N–H and O–H groups in total. The fourth-order valence-corrected chi connectivity index (χ4v) is 1.94. The molecule has 18 heavy (non-hydrogen) atoms. The van der Waals surface area contributed by atoms with E-state index in [1.807, 2.05) is 6.92 Å². The monoisotopic (exact) mass is 316 g/mol. The molecular weight excluding hydrogens is 292 g/mol. The van der Waals surface area contributed by atoms with Gasteiger partial charge < -0.3 is 5.11 Å². The van der Waals surface area contributed by atoms with Crippen molar-refractivity contribution in [1.29, 1.82) is 0 Å². The molecule has 0 aromatic rings. The van der Waals surface area contributed by atoms with E-state index in [0.29, 0.717) is 5.92 Å². The molecule has 0 aliphatic heterocycles. The molecule has 0 radical (unpaired) electrons. The third-order valence-electron chi connectivity index (χ3n) is 3.04. The SMILES string of the molecule is C/C(Br)=C\CCC(C)CCC(C)(C)/C=C/C(=O)O. The Bertz CT molecular complexity index is 312. The number of aliphatic carboxylic acids is 1. The Morgan fingerprint density at radius 2 is 2.00 bits per heavy atom. The van der Waals surface area contributed by atoms with Gasteiger partial charge in [-0.05, 0) is 48.4 Å². The predicted molar refractivity (Wildman–Crippen MR) is 80.9 cm³/mol. The lowest BCUT2D eigenvalue weighted by Gasteiger charge is -2.22. The van der Waals surface area contributed by atoms with Gasteiger partial charge >= 0.3 is 5.97 Å². The van der Waals surface area contributed by atoms with Crippen molar-refractivity contribution in [3.63, 3.8) is 0 Å². The van der Waals surface area contributed by atoms with E-state index in [2.05, 4.69) is 42.8 Å². The van der Waals surface area contributed by atoms with Crippen LogP contribution in [0.1, 0.15) is 53.4 Å². The van der Waals surface area contributed by atoms with E-state index in [1.54, 1.807) is 6.08 Å². The summed E-state index contributed by atoms with van der Waals surface area (Å²) in [5.74, 6) is -0.195. The highest BCUT2D eigenvalue weighted by Crippen LogP contribution is 2.27. The van der Waals surface area contributed by atoms with Crippen molar-refractivity contribution < 1.29 is 9.90 Å². The van der Waals surface area contributed by atoms with Gasteiger partial charge in [0.25, 0.3) is 0 Å². The van der Waals surface area contributed by atoms with Gasteiger partial charge in [0.2, 0.25) is 0 Å². The smallest absolute Gasteiger partial charge is 0.327 e. The maximum atomic E-state index is 10.5. The third-order valence-corrected chi connectivity index (χ3v) is 3.37. The number of halogens is 1. The Balaban J connectivity index is 4.00. The van der Waals surface area contributed by atoms with E-state index in [0.717, 1.165) is 19.3 Å². The molecule has 0 aromatic carbocycles. The van der Waals surface area contributed by atoms with Crippen LogP contribution in [-0.4, -0.2) is 11.1 Å². The minimum Gasteiger partial charge on any atom is -0.478 e. The van der Waals surface area contributed by atoms with Gasteiger partial charge in [-0.2, -0.15) is 0 Å². The first-order valence-electron chi connectivity index (χ1n) is 6.47. The van der Waals surface area contributed by atoms with E-state index >= 15 is 0 Å². The molecule has 0 saturated carbocycles. The summed E-state index contributed by atoms with van der Waals surface area (Å²) in [6.07, 6.45) is 9.69. The van der Waals surface area contributed by atoms with Crippen molar-refractivity contribution in [2.75, 3.05) is 0 Å². The van der Waals surface area contributed by atoms with Gasteiger partial charge in [0.15, 0.2) is 0 Å². The Morgan fingerprint density at radius 1 is 1.39 bits per heavy atom. The topological polar surface area (TPSA) is 37.3 Å². The van der Waals surface area contributed by atoms with Crippen LogP contribution in [0.25, 0.3) is 0 Å². The largest absolute Gasteiger partial charge is 0.478 e. The maximum absolute atomic E-state index is 10.5. The molecule has 2 nitrogen and oxygen atoms in total. The fraction of sp³-hybridized carbons (Fsp3) is 0.667. The number of carbonyl (C=O) groups is 1. The van der Waals surface area contributed by atoms with Crippen LogP contribution in [0.5, 0.6) is 0 Å². The van der Waals surface area contributed by atoms with Gasteiger partial charge in [-0.15, -0.1) is 0 Å². The van der Waals surface area contributed by atoms with E-state index < -0.39 is 5.97 Å². The molecule has 0 fully saturated rings. The Kier molecular flexibility index (Phi) is 8.25. The number of hydrogen-bond donors (Lipinski definition) is 1. The quantitative estimate of drug-likeness (QED) is 0.629. The Morgan fingerprint density at radius 3 is 2.50 bits per heavy atom. The number of rotatable bonds is 8. The molecular formula is C15H25BrO2. The highest BCUT2D eigenvalue weighted by Gasteiger charge is 2.15. The van der Waals surface area contributed by atoms with Crippen LogP contribution in [0.15, 0.2) is 22.7 Å². The molecule has 1 atom stereocenters. The first-order valence-corrected chi connectivity index (χ1v) is 7.26. The summed E-state index contributed by atoms with van der Waals surface area (Å²) in [5.41, 5.74) is -0.0339. The molecule has 0 heterocycles. The van der Waals surface area contributed by atoms with Crippen molar-refractivity contribution >= 4 is 21.9 Å². The van der Waals surface area contributed by atoms with Crippen LogP contribution in [0.3, 0.4) is 0 Å². The van der Waals surface area contributed by atoms with Crippen LogP contribution >= 0.6 is 15.9 Å². The lowest BCUT2D eigenvalue weighted by atomic mass is 9.84. The lowest BCUT2D eigenvalue weighted by molar-refractivity contribution is -0.131. The van der Waals surface area contributed by atoms with Gasteiger partial charge in [-0.3, -0.25) is 0 Å². The zero-order chi connectivity index (χ0) is 14.2. The Hall–Kier alpha value is -0.570. The van der Waals surface area contributed by atoms with Crippen LogP contribution in [0.2, 0.25) is 0 Å². The molecule has 0 saturated heterocycles. The zero-order valence-corrected chi connectivity index (χ0v) is 13.5. The van der Waals surface area contributed by atoms with Crippen molar-refractivity contribution in [3.05, 3.63) is 22.7 Å². The number of carboxylic acid groups (broad SMARTS) is 1. The average Bonchev–Trinajstić information content (AvgIpc) is 2.24. The summed E-state index contributed by atoms with van der Waals surface area (Å²) < 4.78 is 1.19. The van der Waals surface area contributed by atoms with E-state index in [4.69, 9.17) is 5.11 Å². The molecule has 104 valence electrons. The molecule has 0 aromatic heterocycles. The molecule has 0 amide bonds. The minimum atomic E-state index is -0.867. The molecule has 0 aliphatic carbocycles. The highest BCUT2D eigenvalue weighted by molar-refractivity contribution is 9.11. The Labute approximate surface area is 119 Å².